The van der Waals surface area contributed by atoms with Crippen LogP contribution in [0, 0.1) is 0 Å². The number of hydrogen-bond acceptors (Lipinski definition) is 4. The Kier molecular flexibility index (Phi) is 2.12. The van der Waals surface area contributed by atoms with Crippen molar-refractivity contribution in [1.82, 2.24) is 14.6 Å². The van der Waals surface area contributed by atoms with Crippen LogP contribution in [0.5, 0.6) is 0 Å². The van der Waals surface area contributed by atoms with E-state index in [-0.39, 0.29) is 11.3 Å². The molecule has 0 bridgehead atoms. The molecule has 0 spiro atoms. The second-order valence-corrected chi connectivity index (χ2v) is 6.47. The lowest BCUT2D eigenvalue weighted by molar-refractivity contribution is 0.587. The fourth-order valence-electron chi connectivity index (χ4n) is 2.27. The normalized spacial score (nSPS) is 23.2. The number of nitrogens with one attached hydrogen (secondary N) is 1. The van der Waals surface area contributed by atoms with Crippen LogP contribution in [-0.4, -0.2) is 28.8 Å². The Morgan fingerprint density at radius 1 is 1.41 bits per heavy atom. The van der Waals surface area contributed by atoms with Crippen molar-refractivity contribution in [2.75, 3.05) is 5.75 Å². The fourth-order valence-corrected chi connectivity index (χ4v) is 4.13. The Bertz CT molecular complexity index is 729. The second kappa shape index (κ2) is 3.43. The highest BCUT2D eigenvalue weighted by molar-refractivity contribution is 7.91. The van der Waals surface area contributed by atoms with E-state index < -0.39 is 15.1 Å². The van der Waals surface area contributed by atoms with Crippen LogP contribution in [0.25, 0.3) is 5.65 Å². The summed E-state index contributed by atoms with van der Waals surface area (Å²) in [5, 5.41) is 6.03. The summed E-state index contributed by atoms with van der Waals surface area (Å²) in [6.07, 6.45) is 1.16. The minimum atomic E-state index is -3.16. The molecule has 1 aliphatic heterocycles. The Hall–Kier alpha value is -1.63. The molecule has 2 aromatic rings. The van der Waals surface area contributed by atoms with Crippen molar-refractivity contribution >= 4 is 15.5 Å². The highest BCUT2D eigenvalue weighted by Gasteiger charge is 2.36. The molecule has 0 amide bonds. The first kappa shape index (κ1) is 10.5. The van der Waals surface area contributed by atoms with Gasteiger partial charge in [-0.3, -0.25) is 9.89 Å². The van der Waals surface area contributed by atoms with Crippen LogP contribution >= 0.6 is 0 Å². The first-order valence-corrected chi connectivity index (χ1v) is 7.09. The molecule has 0 saturated carbocycles. The van der Waals surface area contributed by atoms with Crippen molar-refractivity contribution in [2.24, 2.45) is 0 Å². The first-order chi connectivity index (χ1) is 8.09. The topological polar surface area (TPSA) is 84.3 Å². The van der Waals surface area contributed by atoms with Gasteiger partial charge in [0.1, 0.15) is 10.9 Å². The van der Waals surface area contributed by atoms with Gasteiger partial charge in [-0.15, -0.1) is 0 Å². The molecule has 17 heavy (non-hydrogen) atoms. The maximum absolute atomic E-state index is 11.8. The van der Waals surface area contributed by atoms with E-state index in [9.17, 15) is 13.2 Å². The predicted molar refractivity (Wildman–Crippen MR) is 61.6 cm³/mol. The van der Waals surface area contributed by atoms with E-state index >= 15 is 0 Å². The van der Waals surface area contributed by atoms with Gasteiger partial charge in [-0.25, -0.2) is 12.8 Å². The third-order valence-electron chi connectivity index (χ3n) is 3.08. The van der Waals surface area contributed by atoms with Gasteiger partial charge < -0.3 is 0 Å². The van der Waals surface area contributed by atoms with E-state index in [2.05, 4.69) is 10.2 Å². The molecule has 1 aliphatic rings. The van der Waals surface area contributed by atoms with E-state index in [1.807, 2.05) is 0 Å². The number of aromatic nitrogens is 3. The highest BCUT2D eigenvalue weighted by Crippen LogP contribution is 2.32. The number of hydrogen-bond donors (Lipinski definition) is 1. The van der Waals surface area contributed by atoms with Crippen molar-refractivity contribution in [1.29, 1.82) is 0 Å². The number of aromatic amines is 1. The lowest BCUT2D eigenvalue weighted by atomic mass is 10.2. The minimum Gasteiger partial charge on any atom is -0.269 e. The zero-order chi connectivity index (χ0) is 12.0. The molecule has 2 aromatic heterocycles. The zero-order valence-corrected chi connectivity index (χ0v) is 9.77. The quantitative estimate of drug-likeness (QED) is 0.790. The van der Waals surface area contributed by atoms with E-state index in [0.29, 0.717) is 24.3 Å². The van der Waals surface area contributed by atoms with Gasteiger partial charge in [0.25, 0.3) is 5.56 Å². The number of sulfone groups is 1. The predicted octanol–water partition coefficient (Wildman–Crippen LogP) is 0.272. The van der Waals surface area contributed by atoms with Gasteiger partial charge in [0, 0.05) is 6.07 Å². The van der Waals surface area contributed by atoms with E-state index in [1.54, 1.807) is 12.1 Å². The molecule has 7 heteroatoms. The summed E-state index contributed by atoms with van der Waals surface area (Å²) in [4.78, 5) is 11.7. The van der Waals surface area contributed by atoms with Gasteiger partial charge >= 0.3 is 0 Å². The van der Waals surface area contributed by atoms with Crippen LogP contribution in [0.2, 0.25) is 0 Å². The molecular weight excluding hydrogens is 242 g/mol. The van der Waals surface area contributed by atoms with E-state index in [1.165, 1.54) is 10.5 Å². The van der Waals surface area contributed by atoms with Crippen LogP contribution < -0.4 is 5.56 Å². The molecule has 1 saturated heterocycles. The molecule has 1 fully saturated rings. The second-order valence-electron chi connectivity index (χ2n) is 4.16. The van der Waals surface area contributed by atoms with E-state index in [0.717, 1.165) is 0 Å². The first-order valence-electron chi connectivity index (χ1n) is 5.37. The Morgan fingerprint density at radius 3 is 2.94 bits per heavy atom. The van der Waals surface area contributed by atoms with Crippen LogP contribution in [0.4, 0.5) is 0 Å². The Labute approximate surface area is 97.2 Å². The molecule has 3 heterocycles. The monoisotopic (exact) mass is 253 g/mol. The third-order valence-corrected chi connectivity index (χ3v) is 5.26. The summed E-state index contributed by atoms with van der Waals surface area (Å²) < 4.78 is 25.0. The number of nitrogens with zero attached hydrogens (tertiary/aromatic N) is 2. The molecule has 0 aliphatic carbocycles. The largest absolute Gasteiger partial charge is 0.269 e. The molecule has 90 valence electrons. The molecular formula is C10H11N3O3S. The molecule has 0 radical (unpaired) electrons. The maximum atomic E-state index is 11.8. The van der Waals surface area contributed by atoms with Crippen molar-refractivity contribution in [3.05, 3.63) is 34.4 Å². The van der Waals surface area contributed by atoms with Crippen LogP contribution in [0.1, 0.15) is 23.9 Å². The summed E-state index contributed by atoms with van der Waals surface area (Å²) in [5.41, 5.74) is 0.267. The minimum absolute atomic E-state index is 0.174. The summed E-state index contributed by atoms with van der Waals surface area (Å²) in [7, 11) is -3.16. The molecule has 1 atom stereocenters. The van der Waals surface area contributed by atoms with Gasteiger partial charge in [0.2, 0.25) is 0 Å². The molecule has 1 N–H and O–H groups in total. The van der Waals surface area contributed by atoms with Crippen molar-refractivity contribution in [2.45, 2.75) is 18.1 Å². The van der Waals surface area contributed by atoms with Crippen molar-refractivity contribution in [3.8, 4) is 0 Å². The zero-order valence-electron chi connectivity index (χ0n) is 8.96. The van der Waals surface area contributed by atoms with Crippen LogP contribution in [-0.2, 0) is 9.84 Å². The van der Waals surface area contributed by atoms with Gasteiger partial charge in [0.15, 0.2) is 15.7 Å². The highest BCUT2D eigenvalue weighted by atomic mass is 32.2. The summed E-state index contributed by atoms with van der Waals surface area (Å²) in [6.45, 7) is 0. The standard InChI is InChI=1S/C10H11N3O3S/c14-9-5-1-4-8-11-12-10(13(8)9)7-3-2-6-17(7,15)16/h1,4-5,7,11H,2-3,6H2. The smallest absolute Gasteiger partial charge is 0.257 e. The van der Waals surface area contributed by atoms with E-state index in [4.69, 9.17) is 0 Å². The Balaban J connectivity index is 2.29. The fraction of sp³-hybridized carbons (Fsp3) is 0.400. The lowest BCUT2D eigenvalue weighted by Gasteiger charge is -2.06. The average Bonchev–Trinajstić information content (AvgIpc) is 2.82. The summed E-state index contributed by atoms with van der Waals surface area (Å²) in [6, 6.07) is 4.70. The van der Waals surface area contributed by atoms with Crippen molar-refractivity contribution in [3.63, 3.8) is 0 Å². The number of pyridine rings is 1. The third kappa shape index (κ3) is 1.49. The molecule has 1 unspecified atom stereocenters. The van der Waals surface area contributed by atoms with Gasteiger partial charge in [-0.2, -0.15) is 5.10 Å². The number of fused-ring (bicyclic) bond motifs is 1. The molecule has 6 nitrogen and oxygen atoms in total. The summed E-state index contributed by atoms with van der Waals surface area (Å²) >= 11 is 0. The van der Waals surface area contributed by atoms with Gasteiger partial charge in [-0.05, 0) is 18.9 Å². The SMILES string of the molecule is O=c1cccc2[nH]nc(C3CCCS3(=O)=O)n12. The van der Waals surface area contributed by atoms with Gasteiger partial charge in [-0.1, -0.05) is 6.07 Å². The molecule has 3 rings (SSSR count). The summed E-state index contributed by atoms with van der Waals surface area (Å²) in [5.74, 6) is 0.483. The number of H-pyrrole nitrogens is 1. The lowest BCUT2D eigenvalue weighted by Crippen LogP contribution is -2.18. The van der Waals surface area contributed by atoms with Crippen molar-refractivity contribution < 1.29 is 8.42 Å². The number of rotatable bonds is 1. The Morgan fingerprint density at radius 2 is 2.24 bits per heavy atom. The molecule has 0 aromatic carbocycles. The maximum Gasteiger partial charge on any atom is 0.257 e. The van der Waals surface area contributed by atoms with Gasteiger partial charge in [0.05, 0.1) is 5.75 Å². The average molecular weight is 253 g/mol. The van der Waals surface area contributed by atoms with Crippen LogP contribution in [0.3, 0.4) is 0 Å². The van der Waals surface area contributed by atoms with Crippen LogP contribution in [0.15, 0.2) is 23.0 Å².